The Kier molecular flexibility index (Phi) is 9.42. The average molecular weight is 576 g/mol. The van der Waals surface area contributed by atoms with Gasteiger partial charge in [0.1, 0.15) is 11.6 Å². The Balaban J connectivity index is 1.41. The molecule has 0 aliphatic rings. The van der Waals surface area contributed by atoms with Gasteiger partial charge in [-0.1, -0.05) is 46.7 Å². The maximum absolute atomic E-state index is 12.6. The highest BCUT2D eigenvalue weighted by Crippen LogP contribution is 2.23. The van der Waals surface area contributed by atoms with Crippen LogP contribution in [-0.2, 0) is 19.5 Å². The molecule has 2 aromatic carbocycles. The number of carbonyl (C=O) groups is 2. The van der Waals surface area contributed by atoms with Crippen molar-refractivity contribution in [1.82, 2.24) is 29.5 Å². The number of hydrogen-bond donors (Lipinski definition) is 0. The van der Waals surface area contributed by atoms with E-state index in [1.54, 1.807) is 48.5 Å². The Bertz CT molecular complexity index is 1280. The molecule has 0 radical (unpaired) electrons. The van der Waals surface area contributed by atoms with Gasteiger partial charge in [-0.15, -0.1) is 20.4 Å². The first-order valence-electron chi connectivity index (χ1n) is 11.6. The molecule has 0 fully saturated rings. The molecular formula is C25H24Cl2N6O2S2. The molecule has 0 aliphatic carbocycles. The maximum Gasteiger partial charge on any atom is 0.191 e. The van der Waals surface area contributed by atoms with Gasteiger partial charge in [-0.05, 0) is 62.4 Å². The summed E-state index contributed by atoms with van der Waals surface area (Å²) >= 11 is 14.5. The SMILES string of the molecule is CCn1c(Cc2nnc(SCC(=O)c3ccc(Cl)cc3)n2CC)nnc1SCC(=O)c1ccc(Cl)cc1. The van der Waals surface area contributed by atoms with E-state index in [-0.39, 0.29) is 23.1 Å². The van der Waals surface area contributed by atoms with Gasteiger partial charge in [-0.25, -0.2) is 0 Å². The van der Waals surface area contributed by atoms with E-state index in [0.717, 1.165) is 11.6 Å². The largest absolute Gasteiger partial charge is 0.306 e. The molecule has 0 aliphatic heterocycles. The van der Waals surface area contributed by atoms with Crippen molar-refractivity contribution in [3.05, 3.63) is 81.4 Å². The standard InChI is InChI=1S/C25H24Cl2N6O2S2/c1-3-32-22(28-30-24(32)36-14-20(34)16-5-9-18(26)10-6-16)13-23-29-31-25(33(23)4-2)37-15-21(35)17-7-11-19(27)12-8-17/h5-12H,3-4,13-15H2,1-2H3. The van der Waals surface area contributed by atoms with E-state index in [1.165, 1.54) is 23.5 Å². The van der Waals surface area contributed by atoms with E-state index in [0.29, 0.717) is 51.0 Å². The number of nitrogens with zero attached hydrogens (tertiary/aromatic N) is 6. The molecule has 0 amide bonds. The van der Waals surface area contributed by atoms with Crippen LogP contribution in [0.2, 0.25) is 10.0 Å². The first-order valence-corrected chi connectivity index (χ1v) is 14.3. The number of carbonyl (C=O) groups excluding carboxylic acids is 2. The van der Waals surface area contributed by atoms with Gasteiger partial charge in [0, 0.05) is 34.3 Å². The molecule has 0 atom stereocenters. The molecule has 0 unspecified atom stereocenters. The highest BCUT2D eigenvalue weighted by molar-refractivity contribution is 8.00. The zero-order valence-electron chi connectivity index (χ0n) is 20.2. The van der Waals surface area contributed by atoms with Gasteiger partial charge >= 0.3 is 0 Å². The molecular weight excluding hydrogens is 551 g/mol. The van der Waals surface area contributed by atoms with Crippen LogP contribution >= 0.6 is 46.7 Å². The molecule has 8 nitrogen and oxygen atoms in total. The van der Waals surface area contributed by atoms with Gasteiger partial charge < -0.3 is 9.13 Å². The lowest BCUT2D eigenvalue weighted by molar-refractivity contribution is 0.101. The smallest absolute Gasteiger partial charge is 0.191 e. The number of halogens is 2. The minimum absolute atomic E-state index is 0.00518. The molecule has 37 heavy (non-hydrogen) atoms. The maximum atomic E-state index is 12.6. The highest BCUT2D eigenvalue weighted by Gasteiger charge is 2.19. The lowest BCUT2D eigenvalue weighted by Gasteiger charge is -2.09. The third-order valence-electron chi connectivity index (χ3n) is 5.53. The molecule has 0 N–H and O–H groups in total. The zero-order chi connectivity index (χ0) is 26.4. The summed E-state index contributed by atoms with van der Waals surface area (Å²) in [7, 11) is 0. The van der Waals surface area contributed by atoms with Gasteiger partial charge in [0.05, 0.1) is 17.9 Å². The number of thioether (sulfide) groups is 2. The molecule has 4 aromatic rings. The number of rotatable bonds is 12. The van der Waals surface area contributed by atoms with Crippen molar-refractivity contribution in [3.63, 3.8) is 0 Å². The fourth-order valence-electron chi connectivity index (χ4n) is 3.59. The summed E-state index contributed by atoms with van der Waals surface area (Å²) in [6.07, 6.45) is 0.430. The first kappa shape index (κ1) is 27.4. The number of benzene rings is 2. The predicted octanol–water partition coefficient (Wildman–Crippen LogP) is 5.76. The second-order valence-corrected chi connectivity index (χ2v) is 10.7. The molecule has 2 aromatic heterocycles. The van der Waals surface area contributed by atoms with Crippen LogP contribution in [0.1, 0.15) is 46.2 Å². The minimum atomic E-state index is -0.00518. The van der Waals surface area contributed by atoms with Crippen molar-refractivity contribution >= 4 is 58.3 Å². The van der Waals surface area contributed by atoms with Crippen LogP contribution in [0.25, 0.3) is 0 Å². The Morgan fingerprint density at radius 2 is 1.05 bits per heavy atom. The van der Waals surface area contributed by atoms with Crippen LogP contribution in [-0.4, -0.2) is 52.6 Å². The van der Waals surface area contributed by atoms with E-state index in [4.69, 9.17) is 23.2 Å². The van der Waals surface area contributed by atoms with Crippen LogP contribution in [0, 0.1) is 0 Å². The summed E-state index contributed by atoms with van der Waals surface area (Å²) in [6.45, 7) is 5.31. The van der Waals surface area contributed by atoms with E-state index >= 15 is 0 Å². The van der Waals surface area contributed by atoms with Crippen LogP contribution < -0.4 is 0 Å². The van der Waals surface area contributed by atoms with Crippen LogP contribution in [0.3, 0.4) is 0 Å². The number of ketones is 2. The lowest BCUT2D eigenvalue weighted by atomic mass is 10.1. The monoisotopic (exact) mass is 574 g/mol. The zero-order valence-corrected chi connectivity index (χ0v) is 23.4. The summed E-state index contributed by atoms with van der Waals surface area (Å²) in [5.74, 6) is 1.95. The van der Waals surface area contributed by atoms with E-state index in [9.17, 15) is 9.59 Å². The Morgan fingerprint density at radius 1 is 0.676 bits per heavy atom. The van der Waals surface area contributed by atoms with Crippen molar-refractivity contribution in [2.24, 2.45) is 0 Å². The van der Waals surface area contributed by atoms with E-state index in [2.05, 4.69) is 20.4 Å². The third kappa shape index (κ3) is 6.81. The fraction of sp³-hybridized carbons (Fsp3) is 0.280. The predicted molar refractivity (Wildman–Crippen MR) is 147 cm³/mol. The van der Waals surface area contributed by atoms with Gasteiger partial charge in [-0.3, -0.25) is 9.59 Å². The van der Waals surface area contributed by atoms with E-state index < -0.39 is 0 Å². The third-order valence-corrected chi connectivity index (χ3v) is 7.97. The van der Waals surface area contributed by atoms with Crippen LogP contribution in [0.15, 0.2) is 58.8 Å². The van der Waals surface area contributed by atoms with Crippen LogP contribution in [0.5, 0.6) is 0 Å². The van der Waals surface area contributed by atoms with E-state index in [1.807, 2.05) is 23.0 Å². The Hall–Kier alpha value is -2.66. The van der Waals surface area contributed by atoms with Gasteiger partial charge in [0.15, 0.2) is 21.9 Å². The van der Waals surface area contributed by atoms with Gasteiger partial charge in [0.2, 0.25) is 0 Å². The fourth-order valence-corrected chi connectivity index (χ4v) is 5.67. The summed E-state index contributed by atoms with van der Waals surface area (Å²) in [6, 6.07) is 13.7. The summed E-state index contributed by atoms with van der Waals surface area (Å²) in [4.78, 5) is 25.1. The number of aromatic nitrogens is 6. The average Bonchev–Trinajstić information content (AvgIpc) is 3.49. The van der Waals surface area contributed by atoms with Crippen molar-refractivity contribution in [3.8, 4) is 0 Å². The minimum Gasteiger partial charge on any atom is -0.306 e. The highest BCUT2D eigenvalue weighted by atomic mass is 35.5. The second-order valence-electron chi connectivity index (χ2n) is 7.90. The van der Waals surface area contributed by atoms with Crippen LogP contribution in [0.4, 0.5) is 0 Å². The van der Waals surface area contributed by atoms with Crippen molar-refractivity contribution in [2.45, 2.75) is 43.7 Å². The van der Waals surface area contributed by atoms with Crippen molar-refractivity contribution in [2.75, 3.05) is 11.5 Å². The molecule has 0 bridgehead atoms. The number of hydrogen-bond acceptors (Lipinski definition) is 8. The topological polar surface area (TPSA) is 95.6 Å². The Morgan fingerprint density at radius 3 is 1.41 bits per heavy atom. The molecule has 4 rings (SSSR count). The number of Topliss-reactive ketones (excluding diaryl/α,β-unsaturated/α-hetero) is 2. The second kappa shape index (κ2) is 12.7. The Labute approximate surface area is 233 Å². The molecule has 192 valence electrons. The molecule has 0 saturated carbocycles. The lowest BCUT2D eigenvalue weighted by Crippen LogP contribution is -2.10. The summed E-state index contributed by atoms with van der Waals surface area (Å²) < 4.78 is 3.96. The molecule has 0 saturated heterocycles. The van der Waals surface area contributed by atoms with Gasteiger partial charge in [0.25, 0.3) is 0 Å². The van der Waals surface area contributed by atoms with Crippen molar-refractivity contribution < 1.29 is 9.59 Å². The first-order chi connectivity index (χ1) is 17.9. The van der Waals surface area contributed by atoms with Crippen molar-refractivity contribution in [1.29, 1.82) is 0 Å². The normalized spacial score (nSPS) is 11.1. The van der Waals surface area contributed by atoms with Gasteiger partial charge in [-0.2, -0.15) is 0 Å². The summed E-state index contributed by atoms with van der Waals surface area (Å²) in [5, 5.41) is 19.9. The molecule has 2 heterocycles. The quantitative estimate of drug-likeness (QED) is 0.156. The molecule has 12 heteroatoms. The molecule has 0 spiro atoms. The summed E-state index contributed by atoms with van der Waals surface area (Å²) in [5.41, 5.74) is 1.21.